The van der Waals surface area contributed by atoms with E-state index < -0.39 is 0 Å². The van der Waals surface area contributed by atoms with Crippen molar-refractivity contribution in [2.45, 2.75) is 0 Å². The molecule has 250 valence electrons. The number of rotatable bonds is 6. The van der Waals surface area contributed by atoms with E-state index in [0.717, 1.165) is 55.5 Å². The number of fused-ring (bicyclic) bond motifs is 3. The van der Waals surface area contributed by atoms with Gasteiger partial charge in [-0.2, -0.15) is 5.26 Å². The van der Waals surface area contributed by atoms with Gasteiger partial charge in [0.2, 0.25) is 0 Å². The predicted octanol–water partition coefficient (Wildman–Crippen LogP) is 12.5. The van der Waals surface area contributed by atoms with Crippen LogP contribution in [0.5, 0.6) is 0 Å². The van der Waals surface area contributed by atoms with E-state index in [1.165, 1.54) is 27.6 Å². The van der Waals surface area contributed by atoms with Crippen molar-refractivity contribution in [2.75, 3.05) is 0 Å². The molecule has 0 N–H and O–H groups in total. The molecule has 4 nitrogen and oxygen atoms in total. The van der Waals surface area contributed by atoms with Crippen LogP contribution in [-0.4, -0.2) is 15.0 Å². The lowest BCUT2D eigenvalue weighted by Gasteiger charge is -2.17. The minimum absolute atomic E-state index is 0.614. The van der Waals surface area contributed by atoms with Crippen LogP contribution in [0, 0.1) is 11.3 Å². The first-order chi connectivity index (χ1) is 26.7. The monoisotopic (exact) mass is 686 g/mol. The summed E-state index contributed by atoms with van der Waals surface area (Å²) in [5.41, 5.74) is 14.9. The highest BCUT2D eigenvalue weighted by Gasteiger charge is 2.27. The molecule has 0 saturated carbocycles. The summed E-state index contributed by atoms with van der Waals surface area (Å²) >= 11 is 0. The van der Waals surface area contributed by atoms with E-state index >= 15 is 0 Å². The second-order valence-electron chi connectivity index (χ2n) is 13.5. The Morgan fingerprint density at radius 1 is 0.278 bits per heavy atom. The van der Waals surface area contributed by atoms with Crippen LogP contribution < -0.4 is 0 Å². The van der Waals surface area contributed by atoms with Gasteiger partial charge >= 0.3 is 0 Å². The smallest absolute Gasteiger partial charge is 0.164 e. The fraction of sp³-hybridized carbons (Fsp3) is 0. The summed E-state index contributed by atoms with van der Waals surface area (Å²) in [6.45, 7) is 0. The molecule has 0 amide bonds. The molecular weight excluding hydrogens is 657 g/mol. The van der Waals surface area contributed by atoms with Gasteiger partial charge in [-0.15, -0.1) is 0 Å². The first kappa shape index (κ1) is 31.3. The van der Waals surface area contributed by atoms with Crippen LogP contribution in [0.1, 0.15) is 5.56 Å². The topological polar surface area (TPSA) is 62.5 Å². The zero-order valence-electron chi connectivity index (χ0n) is 29.1. The molecular formula is C50H30N4. The van der Waals surface area contributed by atoms with E-state index in [1.54, 1.807) is 0 Å². The Morgan fingerprint density at radius 2 is 0.648 bits per heavy atom. The van der Waals surface area contributed by atoms with Crippen molar-refractivity contribution in [1.82, 2.24) is 15.0 Å². The molecule has 8 aromatic carbocycles. The van der Waals surface area contributed by atoms with Gasteiger partial charge in [0.25, 0.3) is 0 Å². The molecule has 0 atom stereocenters. The van der Waals surface area contributed by atoms with Crippen LogP contribution in [-0.2, 0) is 0 Å². The van der Waals surface area contributed by atoms with E-state index in [9.17, 15) is 5.26 Å². The normalized spacial score (nSPS) is 11.3. The van der Waals surface area contributed by atoms with Crippen molar-refractivity contribution >= 4 is 10.8 Å². The molecule has 0 saturated heterocycles. The van der Waals surface area contributed by atoms with Crippen molar-refractivity contribution in [3.05, 3.63) is 188 Å². The third-order valence-corrected chi connectivity index (χ3v) is 10.4. The van der Waals surface area contributed by atoms with E-state index in [-0.39, 0.29) is 0 Å². The standard InChI is InChI=1S/C50H30N4/c51-31-32-19-21-35(22-20-32)38-15-7-8-16-39(38)42-27-28-43-40-17-9-10-18-41(40)44-29-30-45(47(42)46(43)44)50-53-48(36-13-5-2-6-14-36)52-49(54-50)37-25-23-34(24-26-37)33-11-3-1-4-12-33/h1-30H. The number of benzene rings is 8. The SMILES string of the molecule is N#Cc1ccc(-c2ccccc2-c2ccc3c4c(ccc(-c5nc(-c6ccccc6)nc(-c6ccc(-c7ccccc7)cc6)n5)c24)-c2ccccc2-3)cc1. The van der Waals surface area contributed by atoms with Crippen LogP contribution >= 0.6 is 0 Å². The minimum atomic E-state index is 0.614. The minimum Gasteiger partial charge on any atom is -0.208 e. The van der Waals surface area contributed by atoms with Crippen molar-refractivity contribution in [3.63, 3.8) is 0 Å². The van der Waals surface area contributed by atoms with Gasteiger partial charge in [-0.1, -0.05) is 164 Å². The van der Waals surface area contributed by atoms with Gasteiger partial charge in [-0.25, -0.2) is 15.0 Å². The molecule has 0 fully saturated rings. The van der Waals surface area contributed by atoms with E-state index in [4.69, 9.17) is 15.0 Å². The molecule has 54 heavy (non-hydrogen) atoms. The maximum absolute atomic E-state index is 9.50. The Morgan fingerprint density at radius 3 is 1.20 bits per heavy atom. The lowest BCUT2D eigenvalue weighted by Crippen LogP contribution is -2.01. The maximum Gasteiger partial charge on any atom is 0.164 e. The average Bonchev–Trinajstić information content (AvgIpc) is 3.59. The van der Waals surface area contributed by atoms with Gasteiger partial charge in [0.1, 0.15) is 0 Å². The molecule has 1 aromatic heterocycles. The first-order valence-corrected chi connectivity index (χ1v) is 18.0. The molecule has 0 aliphatic heterocycles. The van der Waals surface area contributed by atoms with E-state index in [2.05, 4.69) is 127 Å². The van der Waals surface area contributed by atoms with E-state index in [0.29, 0.717) is 23.0 Å². The summed E-state index contributed by atoms with van der Waals surface area (Å²) in [6, 6.07) is 65.1. The number of aromatic nitrogens is 3. The molecule has 0 bridgehead atoms. The van der Waals surface area contributed by atoms with Crippen molar-refractivity contribution in [3.8, 4) is 95.9 Å². The maximum atomic E-state index is 9.50. The Labute approximate surface area is 313 Å². The zero-order chi connectivity index (χ0) is 36.0. The van der Waals surface area contributed by atoms with Crippen molar-refractivity contribution in [1.29, 1.82) is 5.26 Å². The van der Waals surface area contributed by atoms with Gasteiger partial charge in [0.15, 0.2) is 17.5 Å². The highest BCUT2D eigenvalue weighted by atomic mass is 15.0. The average molecular weight is 687 g/mol. The Bertz CT molecular complexity index is 2880. The third-order valence-electron chi connectivity index (χ3n) is 10.4. The quantitative estimate of drug-likeness (QED) is 0.175. The fourth-order valence-corrected chi connectivity index (χ4v) is 7.79. The summed E-state index contributed by atoms with van der Waals surface area (Å²) < 4.78 is 0. The summed E-state index contributed by atoms with van der Waals surface area (Å²) in [4.78, 5) is 15.6. The summed E-state index contributed by atoms with van der Waals surface area (Å²) in [6.07, 6.45) is 0. The van der Waals surface area contributed by atoms with Crippen molar-refractivity contribution < 1.29 is 0 Å². The molecule has 1 heterocycles. The Hall–Kier alpha value is -7.48. The van der Waals surface area contributed by atoms with E-state index in [1.807, 2.05) is 60.7 Å². The second kappa shape index (κ2) is 12.9. The Balaban J connectivity index is 1.23. The van der Waals surface area contributed by atoms with Crippen LogP contribution in [0.25, 0.3) is 101 Å². The summed E-state index contributed by atoms with van der Waals surface area (Å²) in [5.74, 6) is 1.85. The number of nitrogens with zero attached hydrogens (tertiary/aromatic N) is 4. The molecule has 0 unspecified atom stereocenters. The number of nitriles is 1. The predicted molar refractivity (Wildman–Crippen MR) is 219 cm³/mol. The van der Waals surface area contributed by atoms with Gasteiger partial charge < -0.3 is 0 Å². The van der Waals surface area contributed by atoms with Crippen LogP contribution in [0.2, 0.25) is 0 Å². The third kappa shape index (κ3) is 5.27. The van der Waals surface area contributed by atoms with Crippen LogP contribution in [0.4, 0.5) is 0 Å². The van der Waals surface area contributed by atoms with Crippen LogP contribution in [0.3, 0.4) is 0 Å². The highest BCUT2D eigenvalue weighted by Crippen LogP contribution is 2.52. The van der Waals surface area contributed by atoms with Gasteiger partial charge in [-0.3, -0.25) is 0 Å². The molecule has 1 aliphatic rings. The van der Waals surface area contributed by atoms with Gasteiger partial charge in [0, 0.05) is 22.1 Å². The molecule has 0 spiro atoms. The lowest BCUT2D eigenvalue weighted by molar-refractivity contribution is 1.08. The number of hydrogen-bond acceptors (Lipinski definition) is 4. The summed E-state index contributed by atoms with van der Waals surface area (Å²) in [5, 5.41) is 11.8. The molecule has 0 radical (unpaired) electrons. The van der Waals surface area contributed by atoms with Gasteiger partial charge in [0.05, 0.1) is 11.6 Å². The van der Waals surface area contributed by atoms with Crippen molar-refractivity contribution in [2.24, 2.45) is 0 Å². The Kier molecular flexibility index (Phi) is 7.49. The highest BCUT2D eigenvalue weighted by molar-refractivity contribution is 6.22. The summed E-state index contributed by atoms with van der Waals surface area (Å²) in [7, 11) is 0. The molecule has 4 heteroatoms. The largest absolute Gasteiger partial charge is 0.208 e. The lowest BCUT2D eigenvalue weighted by atomic mass is 9.87. The molecule has 9 aromatic rings. The number of hydrogen-bond donors (Lipinski definition) is 0. The fourth-order valence-electron chi connectivity index (χ4n) is 7.79. The molecule has 1 aliphatic carbocycles. The molecule has 10 rings (SSSR count). The van der Waals surface area contributed by atoms with Gasteiger partial charge in [-0.05, 0) is 79.2 Å². The van der Waals surface area contributed by atoms with Crippen LogP contribution in [0.15, 0.2) is 182 Å². The first-order valence-electron chi connectivity index (χ1n) is 18.0. The second-order valence-corrected chi connectivity index (χ2v) is 13.5. The zero-order valence-corrected chi connectivity index (χ0v) is 29.1.